The molecule has 6 heteroatoms. The van der Waals surface area contributed by atoms with Crippen LogP contribution in [-0.2, 0) is 16.0 Å². The topological polar surface area (TPSA) is 82.8 Å². The smallest absolute Gasteiger partial charge is 0.328 e. The number of fused-ring (bicyclic) bond motifs is 3. The second-order valence-electron chi connectivity index (χ2n) is 7.64. The van der Waals surface area contributed by atoms with E-state index in [4.69, 9.17) is 10.2 Å². The minimum absolute atomic E-state index is 0.558. The van der Waals surface area contributed by atoms with Crippen molar-refractivity contribution >= 4 is 29.0 Å². The maximum absolute atomic E-state index is 9.55. The van der Waals surface area contributed by atoms with Crippen LogP contribution in [0.3, 0.4) is 0 Å². The average molecular weight is 380 g/mol. The van der Waals surface area contributed by atoms with Crippen LogP contribution in [-0.4, -0.2) is 44.7 Å². The highest BCUT2D eigenvalue weighted by Crippen LogP contribution is 2.47. The fraction of sp³-hybridized carbons (Fsp3) is 0.364. The molecule has 1 saturated heterocycles. The van der Waals surface area contributed by atoms with Crippen LogP contribution < -0.4 is 0 Å². The second-order valence-corrected chi connectivity index (χ2v) is 7.64. The fourth-order valence-electron chi connectivity index (χ4n) is 4.77. The molecular formula is C22H24N2O4. The SMILES string of the molecule is Cc1ccc2c3c4n(c2c1)C=C[C@H]1CCCN(CC3)[C@@H]41.O=C(O)/C=C\C(=O)O. The first-order valence-corrected chi connectivity index (χ1v) is 9.65. The van der Waals surface area contributed by atoms with E-state index in [1.165, 1.54) is 48.8 Å². The van der Waals surface area contributed by atoms with Gasteiger partial charge in [0, 0.05) is 36.0 Å². The molecule has 0 spiro atoms. The molecule has 0 bridgehead atoms. The molecule has 0 radical (unpaired) electrons. The predicted molar refractivity (Wildman–Crippen MR) is 107 cm³/mol. The minimum atomic E-state index is -1.26. The van der Waals surface area contributed by atoms with Gasteiger partial charge in [-0.1, -0.05) is 18.2 Å². The van der Waals surface area contributed by atoms with Gasteiger partial charge in [-0.25, -0.2) is 9.59 Å². The second kappa shape index (κ2) is 7.28. The Morgan fingerprint density at radius 2 is 1.89 bits per heavy atom. The normalized spacial score (nSPS) is 22.6. The summed E-state index contributed by atoms with van der Waals surface area (Å²) in [5.41, 5.74) is 6.00. The first-order valence-electron chi connectivity index (χ1n) is 9.65. The van der Waals surface area contributed by atoms with Gasteiger partial charge < -0.3 is 14.8 Å². The van der Waals surface area contributed by atoms with Crippen molar-refractivity contribution in [2.24, 2.45) is 5.92 Å². The number of hydrogen-bond donors (Lipinski definition) is 2. The molecule has 28 heavy (non-hydrogen) atoms. The Balaban J connectivity index is 0.000000208. The maximum atomic E-state index is 9.55. The monoisotopic (exact) mass is 380 g/mol. The van der Waals surface area contributed by atoms with Crippen molar-refractivity contribution in [2.45, 2.75) is 32.2 Å². The number of hydrogen-bond acceptors (Lipinski definition) is 3. The summed E-state index contributed by atoms with van der Waals surface area (Å²) in [4.78, 5) is 21.8. The van der Waals surface area contributed by atoms with Crippen molar-refractivity contribution in [2.75, 3.05) is 13.1 Å². The highest BCUT2D eigenvalue weighted by Gasteiger charge is 2.40. The number of nitrogens with zero attached hydrogens (tertiary/aromatic N) is 2. The van der Waals surface area contributed by atoms with Gasteiger partial charge in [0.05, 0.1) is 11.6 Å². The zero-order valence-electron chi connectivity index (χ0n) is 15.8. The van der Waals surface area contributed by atoms with Crippen LogP contribution in [0, 0.1) is 12.8 Å². The van der Waals surface area contributed by atoms with Gasteiger partial charge in [0.1, 0.15) is 0 Å². The molecule has 6 nitrogen and oxygen atoms in total. The Kier molecular flexibility index (Phi) is 4.81. The van der Waals surface area contributed by atoms with E-state index in [-0.39, 0.29) is 0 Å². The van der Waals surface area contributed by atoms with Crippen molar-refractivity contribution in [1.82, 2.24) is 9.47 Å². The van der Waals surface area contributed by atoms with Gasteiger partial charge in [-0.2, -0.15) is 0 Å². The highest BCUT2D eigenvalue weighted by molar-refractivity contribution is 5.90. The lowest BCUT2D eigenvalue weighted by molar-refractivity contribution is -0.134. The third kappa shape index (κ3) is 3.24. The van der Waals surface area contributed by atoms with E-state index in [1.54, 1.807) is 11.3 Å². The molecule has 1 fully saturated rings. The molecule has 4 heterocycles. The third-order valence-corrected chi connectivity index (χ3v) is 5.87. The molecule has 146 valence electrons. The molecule has 2 atom stereocenters. The van der Waals surface area contributed by atoms with Gasteiger partial charge in [-0.3, -0.25) is 4.90 Å². The van der Waals surface area contributed by atoms with Crippen LogP contribution in [0.2, 0.25) is 0 Å². The fourth-order valence-corrected chi connectivity index (χ4v) is 4.77. The predicted octanol–water partition coefficient (Wildman–Crippen LogP) is 3.46. The molecule has 0 saturated carbocycles. The number of aromatic nitrogens is 1. The van der Waals surface area contributed by atoms with Crippen LogP contribution in [0.15, 0.2) is 36.4 Å². The molecule has 1 aromatic heterocycles. The van der Waals surface area contributed by atoms with Crippen molar-refractivity contribution in [1.29, 1.82) is 0 Å². The maximum Gasteiger partial charge on any atom is 0.328 e. The number of piperidine rings is 1. The van der Waals surface area contributed by atoms with E-state index >= 15 is 0 Å². The lowest BCUT2D eigenvalue weighted by atomic mass is 9.81. The lowest BCUT2D eigenvalue weighted by Gasteiger charge is -2.45. The van der Waals surface area contributed by atoms with E-state index in [2.05, 4.69) is 46.9 Å². The summed E-state index contributed by atoms with van der Waals surface area (Å²) in [6, 6.07) is 7.60. The molecule has 3 aliphatic rings. The number of carboxylic acid groups (broad SMARTS) is 2. The Labute approximate surface area is 163 Å². The van der Waals surface area contributed by atoms with Crippen molar-refractivity contribution in [3.8, 4) is 0 Å². The van der Waals surface area contributed by atoms with Gasteiger partial charge in [-0.15, -0.1) is 0 Å². The Hall–Kier alpha value is -2.86. The average Bonchev–Trinajstić information content (AvgIpc) is 2.99. The molecular weight excluding hydrogens is 356 g/mol. The zero-order valence-corrected chi connectivity index (χ0v) is 15.8. The highest BCUT2D eigenvalue weighted by atomic mass is 16.4. The quantitative estimate of drug-likeness (QED) is 0.780. The summed E-state index contributed by atoms with van der Waals surface area (Å²) >= 11 is 0. The summed E-state index contributed by atoms with van der Waals surface area (Å²) in [5.74, 6) is -1.78. The first kappa shape index (κ1) is 18.5. The van der Waals surface area contributed by atoms with Crippen LogP contribution in [0.1, 0.15) is 35.7 Å². The molecule has 0 aliphatic carbocycles. The largest absolute Gasteiger partial charge is 0.478 e. The Morgan fingerprint density at radius 1 is 1.14 bits per heavy atom. The summed E-state index contributed by atoms with van der Waals surface area (Å²) in [5, 5.41) is 17.1. The van der Waals surface area contributed by atoms with Crippen LogP contribution in [0.25, 0.3) is 17.1 Å². The summed E-state index contributed by atoms with van der Waals surface area (Å²) in [6.45, 7) is 4.73. The molecule has 5 rings (SSSR count). The van der Waals surface area contributed by atoms with Crippen LogP contribution in [0.4, 0.5) is 0 Å². The standard InChI is InChI=1S/C18H20N2.C4H4O4/c1-12-4-5-14-15-7-9-19-8-2-3-13-6-10-20(16(14)11-12)18(15)17(13)19;5-3(6)1-2-4(7)8/h4-6,10-11,13,17H,2-3,7-9H2,1H3;1-2H,(H,5,6)(H,7,8)/b;2-1-/t13-,17-;/m1./s1. The number of benzene rings is 1. The number of aliphatic carboxylic acids is 2. The van der Waals surface area contributed by atoms with Crippen molar-refractivity contribution in [3.05, 3.63) is 53.2 Å². The zero-order chi connectivity index (χ0) is 19.8. The third-order valence-electron chi connectivity index (χ3n) is 5.87. The van der Waals surface area contributed by atoms with E-state index < -0.39 is 11.9 Å². The molecule has 1 aromatic carbocycles. The molecule has 3 aliphatic heterocycles. The van der Waals surface area contributed by atoms with Gasteiger partial charge in [0.25, 0.3) is 0 Å². The summed E-state index contributed by atoms with van der Waals surface area (Å²) in [6.07, 6.45) is 9.86. The lowest BCUT2D eigenvalue weighted by Crippen LogP contribution is -2.44. The number of aryl methyl sites for hydroxylation is 1. The van der Waals surface area contributed by atoms with Gasteiger partial charge in [-0.05, 0) is 55.8 Å². The number of rotatable bonds is 2. The van der Waals surface area contributed by atoms with Crippen molar-refractivity contribution < 1.29 is 19.8 Å². The van der Waals surface area contributed by atoms with E-state index in [0.29, 0.717) is 18.2 Å². The summed E-state index contributed by atoms with van der Waals surface area (Å²) < 4.78 is 2.48. The van der Waals surface area contributed by atoms with Gasteiger partial charge in [0.15, 0.2) is 0 Å². The van der Waals surface area contributed by atoms with Gasteiger partial charge in [0.2, 0.25) is 0 Å². The van der Waals surface area contributed by atoms with Gasteiger partial charge >= 0.3 is 11.9 Å². The minimum Gasteiger partial charge on any atom is -0.478 e. The van der Waals surface area contributed by atoms with E-state index in [9.17, 15) is 9.59 Å². The summed E-state index contributed by atoms with van der Waals surface area (Å²) in [7, 11) is 0. The Bertz CT molecular complexity index is 986. The van der Waals surface area contributed by atoms with E-state index in [1.807, 2.05) is 0 Å². The van der Waals surface area contributed by atoms with Crippen LogP contribution >= 0.6 is 0 Å². The van der Waals surface area contributed by atoms with Crippen LogP contribution in [0.5, 0.6) is 0 Å². The van der Waals surface area contributed by atoms with E-state index in [0.717, 1.165) is 5.92 Å². The number of carbonyl (C=O) groups is 2. The molecule has 0 unspecified atom stereocenters. The van der Waals surface area contributed by atoms with Crippen molar-refractivity contribution in [3.63, 3.8) is 0 Å². The number of carboxylic acids is 2. The molecule has 2 aromatic rings. The Morgan fingerprint density at radius 3 is 2.61 bits per heavy atom. The molecule has 2 N–H and O–H groups in total. The first-order chi connectivity index (χ1) is 13.5. The molecule has 0 amide bonds.